The predicted octanol–water partition coefficient (Wildman–Crippen LogP) is 5.78. The van der Waals surface area contributed by atoms with Crippen LogP contribution >= 0.6 is 11.6 Å². The summed E-state index contributed by atoms with van der Waals surface area (Å²) in [5.41, 5.74) is 0.597. The molecule has 0 heterocycles. The maximum Gasteiger partial charge on any atom is 0.417 e. The average molecular weight is 486 g/mol. The van der Waals surface area contributed by atoms with Crippen LogP contribution in [0.3, 0.4) is 0 Å². The quantitative estimate of drug-likeness (QED) is 0.156. The largest absolute Gasteiger partial charge is 0.503 e. The number of alkyl halides is 3. The Balaban J connectivity index is 2.43. The zero-order chi connectivity index (χ0) is 24.8. The van der Waals surface area contributed by atoms with E-state index in [0.29, 0.717) is 11.1 Å². The highest BCUT2D eigenvalue weighted by atomic mass is 35.5. The molecule has 0 unspecified atom stereocenters. The minimum Gasteiger partial charge on any atom is -0.503 e. The van der Waals surface area contributed by atoms with E-state index >= 15 is 0 Å². The Labute approximate surface area is 194 Å². The number of aryl methyl sites for hydroxylation is 1. The minimum absolute atomic E-state index is 0.0328. The summed E-state index contributed by atoms with van der Waals surface area (Å²) in [5.74, 6) is -0.655. The molecule has 2 aromatic rings. The predicted molar refractivity (Wildman–Crippen MR) is 118 cm³/mol. The van der Waals surface area contributed by atoms with Crippen LogP contribution in [0.15, 0.2) is 41.7 Å². The third-order valence-electron chi connectivity index (χ3n) is 4.72. The smallest absolute Gasteiger partial charge is 0.417 e. The third-order valence-corrected chi connectivity index (χ3v) is 5.02. The van der Waals surface area contributed by atoms with Gasteiger partial charge in [0, 0.05) is 11.1 Å². The molecule has 0 aromatic heterocycles. The fraction of sp³-hybridized carbons (Fsp3) is 0.304. The summed E-state index contributed by atoms with van der Waals surface area (Å²) in [7, 11) is 3.87. The Bertz CT molecular complexity index is 1080. The Hall–Kier alpha value is -3.20. The van der Waals surface area contributed by atoms with Crippen LogP contribution in [0.25, 0.3) is 5.57 Å². The lowest BCUT2D eigenvalue weighted by molar-refractivity contribution is -0.138. The van der Waals surface area contributed by atoms with Crippen LogP contribution in [0.4, 0.5) is 13.2 Å². The molecule has 0 aliphatic heterocycles. The van der Waals surface area contributed by atoms with Crippen molar-refractivity contribution in [2.24, 2.45) is 5.16 Å². The first-order valence-electron chi connectivity index (χ1n) is 9.56. The molecule has 0 aliphatic carbocycles. The van der Waals surface area contributed by atoms with Crippen LogP contribution in [0.1, 0.15) is 34.7 Å². The first-order chi connectivity index (χ1) is 15.5. The molecule has 2 aromatic carbocycles. The third kappa shape index (κ3) is 6.19. The van der Waals surface area contributed by atoms with Crippen LogP contribution in [-0.4, -0.2) is 33.0 Å². The van der Waals surface area contributed by atoms with Gasteiger partial charge in [0.05, 0.1) is 43.9 Å². The molecule has 0 bridgehead atoms. The van der Waals surface area contributed by atoms with Crippen LogP contribution in [-0.2, 0) is 31.9 Å². The van der Waals surface area contributed by atoms with Gasteiger partial charge in [-0.05, 0) is 37.1 Å². The number of carbonyl (C=O) groups excluding carboxylic acids is 1. The van der Waals surface area contributed by atoms with Crippen molar-refractivity contribution in [2.45, 2.75) is 26.6 Å². The van der Waals surface area contributed by atoms with Crippen LogP contribution in [0.5, 0.6) is 5.75 Å². The molecule has 0 fully saturated rings. The maximum absolute atomic E-state index is 13.6. The lowest BCUT2D eigenvalue weighted by Crippen LogP contribution is -2.13. The molecule has 0 saturated heterocycles. The topological polar surface area (TPSA) is 66.4 Å². The molecule has 6 nitrogen and oxygen atoms in total. The summed E-state index contributed by atoms with van der Waals surface area (Å²) in [6, 6.07) is 7.32. The van der Waals surface area contributed by atoms with Gasteiger partial charge in [0.25, 0.3) is 0 Å². The van der Waals surface area contributed by atoms with Gasteiger partial charge in [-0.15, -0.1) is 0 Å². The number of oxime groups is 1. The summed E-state index contributed by atoms with van der Waals surface area (Å²) in [6.07, 6.45) is -3.45. The van der Waals surface area contributed by atoms with Crippen molar-refractivity contribution in [1.29, 1.82) is 0 Å². The molecular formula is C23H23ClF3NO5. The first-order valence-corrected chi connectivity index (χ1v) is 9.94. The van der Waals surface area contributed by atoms with Crippen molar-refractivity contribution in [1.82, 2.24) is 0 Å². The van der Waals surface area contributed by atoms with Crippen molar-refractivity contribution in [3.05, 3.63) is 69.4 Å². The molecule has 0 amide bonds. The van der Waals surface area contributed by atoms with Gasteiger partial charge < -0.3 is 19.0 Å². The second-order valence-electron chi connectivity index (χ2n) is 6.84. The molecule has 10 heteroatoms. The van der Waals surface area contributed by atoms with Gasteiger partial charge in [-0.1, -0.05) is 35.0 Å². The number of rotatable bonds is 8. The van der Waals surface area contributed by atoms with Gasteiger partial charge in [0.2, 0.25) is 0 Å². The molecule has 2 rings (SSSR count). The second kappa shape index (κ2) is 11.1. The molecule has 0 atom stereocenters. The van der Waals surface area contributed by atoms with Crippen molar-refractivity contribution in [2.75, 3.05) is 21.3 Å². The van der Waals surface area contributed by atoms with E-state index in [1.807, 2.05) is 0 Å². The Kier molecular flexibility index (Phi) is 8.76. The van der Waals surface area contributed by atoms with E-state index in [1.54, 1.807) is 25.1 Å². The molecule has 0 spiro atoms. The zero-order valence-electron chi connectivity index (χ0n) is 18.7. The highest BCUT2D eigenvalue weighted by Gasteiger charge is 2.36. The van der Waals surface area contributed by atoms with E-state index in [-0.39, 0.29) is 34.2 Å². The van der Waals surface area contributed by atoms with Crippen molar-refractivity contribution in [3.8, 4) is 5.75 Å². The summed E-state index contributed by atoms with van der Waals surface area (Å²) in [6.45, 7) is 3.02. The number of hydrogen-bond acceptors (Lipinski definition) is 6. The Morgan fingerprint density at radius 3 is 2.45 bits per heavy atom. The van der Waals surface area contributed by atoms with E-state index in [2.05, 4.69) is 5.16 Å². The highest BCUT2D eigenvalue weighted by Crippen LogP contribution is 2.38. The Morgan fingerprint density at radius 1 is 1.18 bits per heavy atom. The number of carbonyl (C=O) groups is 1. The van der Waals surface area contributed by atoms with Gasteiger partial charge in [-0.2, -0.15) is 13.2 Å². The van der Waals surface area contributed by atoms with Crippen molar-refractivity contribution >= 4 is 28.9 Å². The van der Waals surface area contributed by atoms with Crippen LogP contribution in [0, 0.1) is 6.92 Å². The summed E-state index contributed by atoms with van der Waals surface area (Å²) >= 11 is 6.10. The van der Waals surface area contributed by atoms with E-state index in [9.17, 15) is 18.0 Å². The number of benzene rings is 2. The van der Waals surface area contributed by atoms with Crippen molar-refractivity contribution in [3.63, 3.8) is 0 Å². The van der Waals surface area contributed by atoms with Gasteiger partial charge in [0.15, 0.2) is 0 Å². The normalized spacial score (nSPS) is 12.4. The Morgan fingerprint density at radius 2 is 1.88 bits per heavy atom. The molecule has 0 aliphatic rings. The summed E-state index contributed by atoms with van der Waals surface area (Å²) in [4.78, 5) is 17.6. The standard InChI is InChI=1S/C23H23ClF3NO5/c1-13-7-6-8-16(18(11-30-3)22(29)32-5)17(13)12-33-28-14(2)21-19(23(25,26)27)9-15(31-4)10-20(21)24/h6-11H,12H2,1-5H3/b18-11+,28-14+. The van der Waals surface area contributed by atoms with E-state index in [4.69, 9.17) is 30.6 Å². The lowest BCUT2D eigenvalue weighted by Gasteiger charge is -2.16. The molecule has 178 valence electrons. The number of hydrogen-bond donors (Lipinski definition) is 0. The molecule has 33 heavy (non-hydrogen) atoms. The van der Waals surface area contributed by atoms with E-state index < -0.39 is 17.7 Å². The number of ether oxygens (including phenoxy) is 3. The summed E-state index contributed by atoms with van der Waals surface area (Å²) in [5, 5.41) is 3.68. The van der Waals surface area contributed by atoms with E-state index in [1.165, 1.54) is 40.6 Å². The fourth-order valence-electron chi connectivity index (χ4n) is 3.13. The van der Waals surface area contributed by atoms with Gasteiger partial charge in [0.1, 0.15) is 17.9 Å². The van der Waals surface area contributed by atoms with Gasteiger partial charge in [-0.3, -0.25) is 0 Å². The number of nitrogens with zero attached hydrogens (tertiary/aromatic N) is 1. The van der Waals surface area contributed by atoms with Crippen molar-refractivity contribution < 1.29 is 37.0 Å². The van der Waals surface area contributed by atoms with Gasteiger partial charge >= 0.3 is 12.1 Å². The highest BCUT2D eigenvalue weighted by molar-refractivity contribution is 6.34. The van der Waals surface area contributed by atoms with E-state index in [0.717, 1.165) is 11.6 Å². The lowest BCUT2D eigenvalue weighted by atomic mass is 9.97. The number of halogens is 4. The van der Waals surface area contributed by atoms with Crippen LogP contribution < -0.4 is 4.74 Å². The molecule has 0 saturated carbocycles. The average Bonchev–Trinajstić information content (AvgIpc) is 2.76. The molecule has 0 N–H and O–H groups in total. The first kappa shape index (κ1) is 26.1. The monoisotopic (exact) mass is 485 g/mol. The fourth-order valence-corrected chi connectivity index (χ4v) is 3.47. The zero-order valence-corrected chi connectivity index (χ0v) is 19.4. The molecular weight excluding hydrogens is 463 g/mol. The molecule has 0 radical (unpaired) electrons. The SMILES string of the molecule is CO/C=C(/C(=O)OC)c1cccc(C)c1CO/N=C(\C)c1c(Cl)cc(OC)cc1C(F)(F)F. The number of esters is 1. The maximum atomic E-state index is 13.6. The minimum atomic E-state index is -4.69. The van der Waals surface area contributed by atoms with Crippen LogP contribution in [0.2, 0.25) is 5.02 Å². The summed E-state index contributed by atoms with van der Waals surface area (Å²) < 4.78 is 55.5. The van der Waals surface area contributed by atoms with Gasteiger partial charge in [-0.25, -0.2) is 4.79 Å². The second-order valence-corrected chi connectivity index (χ2v) is 7.25. The number of methoxy groups -OCH3 is 3.